The summed E-state index contributed by atoms with van der Waals surface area (Å²) >= 11 is 0. The molecule has 0 atom stereocenters. The predicted molar refractivity (Wildman–Crippen MR) is 188 cm³/mol. The van der Waals surface area contributed by atoms with E-state index in [1.54, 1.807) is 20.3 Å². The van der Waals surface area contributed by atoms with Gasteiger partial charge in [0.2, 0.25) is 0 Å². The molecule has 50 heavy (non-hydrogen) atoms. The largest absolute Gasteiger partial charge is 0.460 e. The zero-order valence-electron chi connectivity index (χ0n) is 29.3. The number of hydrogen-bond donors (Lipinski definition) is 0. The second kappa shape index (κ2) is 24.6. The number of carbonyl (C=O) groups is 2. The lowest BCUT2D eigenvalue weighted by atomic mass is 10.2. The summed E-state index contributed by atoms with van der Waals surface area (Å²) in [5, 5.41) is 0. The van der Waals surface area contributed by atoms with Crippen molar-refractivity contribution in [1.82, 2.24) is 9.97 Å². The number of terminal acetylenes is 1. The topological polar surface area (TPSA) is 134 Å². The number of hydrogen-bond acceptors (Lipinski definition) is 12. The van der Waals surface area contributed by atoms with Crippen LogP contribution in [0.15, 0.2) is 24.3 Å². The van der Waals surface area contributed by atoms with Crippen molar-refractivity contribution in [1.29, 1.82) is 0 Å². The minimum atomic E-state index is -1.73. The van der Waals surface area contributed by atoms with Crippen molar-refractivity contribution in [2.45, 2.75) is 19.6 Å². The van der Waals surface area contributed by atoms with E-state index in [2.05, 4.69) is 70.7 Å². The van der Waals surface area contributed by atoms with Crippen LogP contribution in [0.4, 0.5) is 0 Å². The molecule has 0 aliphatic rings. The number of aromatic nitrogens is 2. The molecule has 0 aromatic carbocycles. The van der Waals surface area contributed by atoms with Crippen LogP contribution in [0.1, 0.15) is 43.5 Å². The number of esters is 2. The third-order valence-electron chi connectivity index (χ3n) is 5.81. The van der Waals surface area contributed by atoms with Crippen LogP contribution in [0, 0.1) is 47.5 Å². The van der Waals surface area contributed by atoms with Crippen LogP contribution in [0.5, 0.6) is 0 Å². The first-order valence-electron chi connectivity index (χ1n) is 15.8. The fourth-order valence-electron chi connectivity index (χ4n) is 3.49. The van der Waals surface area contributed by atoms with E-state index in [0.29, 0.717) is 58.5 Å². The van der Waals surface area contributed by atoms with E-state index in [9.17, 15) is 9.59 Å². The third-order valence-corrected chi connectivity index (χ3v) is 6.68. The Kier molecular flexibility index (Phi) is 20.5. The van der Waals surface area contributed by atoms with E-state index in [-0.39, 0.29) is 54.6 Å². The van der Waals surface area contributed by atoms with Crippen LogP contribution in [-0.2, 0) is 37.9 Å². The number of methoxy groups -OCH3 is 2. The number of ether oxygens (including phenoxy) is 8. The number of nitrogens with zero attached hydrogens (tertiary/aromatic N) is 2. The van der Waals surface area contributed by atoms with Crippen LogP contribution in [0.2, 0.25) is 19.6 Å². The van der Waals surface area contributed by atoms with Gasteiger partial charge in [-0.15, -0.1) is 12.0 Å². The van der Waals surface area contributed by atoms with E-state index < -0.39 is 20.0 Å². The molecule has 12 nitrogen and oxygen atoms in total. The molecule has 2 aromatic rings. The highest BCUT2D eigenvalue weighted by Gasteiger charge is 2.13. The maximum Gasteiger partial charge on any atom is 0.338 e. The van der Waals surface area contributed by atoms with Crippen LogP contribution < -0.4 is 0 Å². The Bertz CT molecular complexity index is 1610. The number of pyridine rings is 2. The third kappa shape index (κ3) is 18.9. The summed E-state index contributed by atoms with van der Waals surface area (Å²) in [6.07, 6.45) is 5.54. The van der Waals surface area contributed by atoms with Gasteiger partial charge in [0.25, 0.3) is 0 Å². The Morgan fingerprint density at radius 3 is 1.34 bits per heavy atom. The van der Waals surface area contributed by atoms with Crippen LogP contribution >= 0.6 is 0 Å². The summed E-state index contributed by atoms with van der Waals surface area (Å²) in [6.45, 7) is 10.3. The zero-order valence-corrected chi connectivity index (χ0v) is 30.3. The van der Waals surface area contributed by atoms with Crippen molar-refractivity contribution < 1.29 is 47.5 Å². The highest BCUT2D eigenvalue weighted by molar-refractivity contribution is 6.83. The molecule has 2 rings (SSSR count). The maximum absolute atomic E-state index is 12.8. The number of rotatable bonds is 20. The Labute approximate surface area is 295 Å². The Morgan fingerprint density at radius 2 is 0.940 bits per heavy atom. The molecule has 0 saturated carbocycles. The van der Waals surface area contributed by atoms with Gasteiger partial charge >= 0.3 is 11.9 Å². The monoisotopic (exact) mass is 704 g/mol. The van der Waals surface area contributed by atoms with Gasteiger partial charge in [-0.25, -0.2) is 19.6 Å². The van der Waals surface area contributed by atoms with Gasteiger partial charge in [0.15, 0.2) is 0 Å². The summed E-state index contributed by atoms with van der Waals surface area (Å²) in [5.41, 5.74) is 4.76. The molecule has 0 N–H and O–H groups in total. The molecule has 0 radical (unpaired) electrons. The second-order valence-electron chi connectivity index (χ2n) is 11.1. The zero-order chi connectivity index (χ0) is 36.5. The van der Waals surface area contributed by atoms with Gasteiger partial charge < -0.3 is 37.9 Å². The first kappa shape index (κ1) is 41.6. The molecule has 0 bridgehead atoms. The van der Waals surface area contributed by atoms with Gasteiger partial charge in [-0.3, -0.25) is 0 Å². The lowest BCUT2D eigenvalue weighted by molar-refractivity contribution is 0.00551. The molecule has 13 heteroatoms. The van der Waals surface area contributed by atoms with Crippen molar-refractivity contribution in [2.75, 3.05) is 93.5 Å². The summed E-state index contributed by atoms with van der Waals surface area (Å²) in [4.78, 5) is 34.2. The van der Waals surface area contributed by atoms with Gasteiger partial charge in [0.1, 0.15) is 44.1 Å². The summed E-state index contributed by atoms with van der Waals surface area (Å²) in [6, 6.07) is 5.97. The van der Waals surface area contributed by atoms with Crippen LogP contribution in [-0.4, -0.2) is 123 Å². The van der Waals surface area contributed by atoms with Gasteiger partial charge in [0.05, 0.1) is 77.2 Å². The average Bonchev–Trinajstić information content (AvgIpc) is 3.10. The van der Waals surface area contributed by atoms with Gasteiger partial charge in [-0.2, -0.15) is 0 Å². The Balaban J connectivity index is 2.07. The molecule has 266 valence electrons. The molecule has 2 aromatic heterocycles. The SMILES string of the molecule is C#Cc1cc(C(=O)OCCOCCOCCOC)cc(C#CC#Cc2cc(C(=O)OCCOCCOCCOC)cc(C#C[Si](C)(C)C)n2)n1. The molecular formula is C37H44N2O10Si. The quantitative estimate of drug-likeness (QED) is 0.0869. The first-order valence-corrected chi connectivity index (χ1v) is 19.3. The molecule has 0 aliphatic heterocycles. The molecule has 0 aliphatic carbocycles. The minimum Gasteiger partial charge on any atom is -0.460 e. The van der Waals surface area contributed by atoms with Crippen molar-refractivity contribution in [3.05, 3.63) is 58.2 Å². The summed E-state index contributed by atoms with van der Waals surface area (Å²) < 4.78 is 41.9. The fraction of sp³-hybridized carbons (Fsp3) is 0.459. The van der Waals surface area contributed by atoms with Crippen LogP contribution in [0.3, 0.4) is 0 Å². The van der Waals surface area contributed by atoms with Crippen molar-refractivity contribution in [3.8, 4) is 47.5 Å². The molecule has 0 unspecified atom stereocenters. The minimum absolute atomic E-state index is 0.0416. The summed E-state index contributed by atoms with van der Waals surface area (Å²) in [7, 11) is 1.47. The molecule has 2 heterocycles. The Morgan fingerprint density at radius 1 is 0.580 bits per heavy atom. The normalized spacial score (nSPS) is 10.4. The molecule has 0 amide bonds. The summed E-state index contributed by atoms with van der Waals surface area (Å²) in [5.74, 6) is 15.3. The van der Waals surface area contributed by atoms with E-state index in [1.165, 1.54) is 18.2 Å². The number of carbonyl (C=O) groups excluding carboxylic acids is 2. The van der Waals surface area contributed by atoms with Gasteiger partial charge in [-0.05, 0) is 47.9 Å². The van der Waals surface area contributed by atoms with E-state index in [0.717, 1.165) is 0 Å². The first-order chi connectivity index (χ1) is 24.1. The molecular weight excluding hydrogens is 660 g/mol. The average molecular weight is 705 g/mol. The van der Waals surface area contributed by atoms with Crippen molar-refractivity contribution >= 4 is 20.0 Å². The molecule has 0 spiro atoms. The van der Waals surface area contributed by atoms with Gasteiger partial charge in [-0.1, -0.05) is 31.5 Å². The van der Waals surface area contributed by atoms with Crippen molar-refractivity contribution in [2.24, 2.45) is 0 Å². The lowest BCUT2D eigenvalue weighted by Crippen LogP contribution is -2.16. The van der Waals surface area contributed by atoms with Crippen LogP contribution in [0.25, 0.3) is 0 Å². The highest BCUT2D eigenvalue weighted by atomic mass is 28.3. The second-order valence-corrected chi connectivity index (χ2v) is 15.9. The maximum atomic E-state index is 12.8. The standard InChI is InChI=1S/C37H44N2O10Si/c1-7-32-26-30(36(40)48-23-21-46-19-17-44-15-13-42-2)27-33(38-32)10-8-9-11-34-28-31(29-35(39-34)12-25-50(4,5)6)37(41)49-24-22-47-20-18-45-16-14-43-3/h1,26-29H,13-24H2,2-6H3. The van der Waals surface area contributed by atoms with E-state index in [1.807, 2.05) is 0 Å². The fourth-order valence-corrected chi connectivity index (χ4v) is 3.99. The van der Waals surface area contributed by atoms with Crippen molar-refractivity contribution in [3.63, 3.8) is 0 Å². The van der Waals surface area contributed by atoms with E-state index in [4.69, 9.17) is 44.3 Å². The lowest BCUT2D eigenvalue weighted by Gasteiger charge is -2.08. The molecule has 0 saturated heterocycles. The highest BCUT2D eigenvalue weighted by Crippen LogP contribution is 2.09. The smallest absolute Gasteiger partial charge is 0.338 e. The Hall–Kier alpha value is -4.54. The van der Waals surface area contributed by atoms with E-state index >= 15 is 0 Å². The predicted octanol–water partition coefficient (Wildman–Crippen LogP) is 2.76. The van der Waals surface area contributed by atoms with Gasteiger partial charge in [0, 0.05) is 14.2 Å². The molecule has 0 fully saturated rings.